The standard InChI is InChI=1S/C17H27ClN2O/c1-3-21-17(10-6-4-5-7-11-17)16(20-19)14-9-8-13(2)15(18)12-14/h8-9,12,16,20H,3-7,10-11,19H2,1-2H3. The van der Waals surface area contributed by atoms with Gasteiger partial charge in [0.1, 0.15) is 0 Å². The van der Waals surface area contributed by atoms with E-state index in [1.54, 1.807) is 0 Å². The van der Waals surface area contributed by atoms with Crippen LogP contribution in [0.4, 0.5) is 0 Å². The van der Waals surface area contributed by atoms with E-state index in [0.29, 0.717) is 6.61 Å². The van der Waals surface area contributed by atoms with Gasteiger partial charge in [0, 0.05) is 11.6 Å². The fraction of sp³-hybridized carbons (Fsp3) is 0.647. The molecule has 21 heavy (non-hydrogen) atoms. The minimum absolute atomic E-state index is 0.0198. The molecule has 1 saturated carbocycles. The first kappa shape index (κ1) is 16.8. The van der Waals surface area contributed by atoms with E-state index < -0.39 is 0 Å². The molecule has 4 heteroatoms. The number of ether oxygens (including phenoxy) is 1. The summed E-state index contributed by atoms with van der Waals surface area (Å²) in [6.45, 7) is 4.78. The molecule has 0 saturated heterocycles. The van der Waals surface area contributed by atoms with E-state index >= 15 is 0 Å². The van der Waals surface area contributed by atoms with Crippen molar-refractivity contribution in [1.29, 1.82) is 0 Å². The van der Waals surface area contributed by atoms with Crippen LogP contribution in [0.3, 0.4) is 0 Å². The number of halogens is 1. The largest absolute Gasteiger partial charge is 0.373 e. The van der Waals surface area contributed by atoms with Gasteiger partial charge < -0.3 is 4.74 Å². The molecule has 1 aliphatic carbocycles. The molecule has 1 aliphatic rings. The number of nitrogens with one attached hydrogen (secondary N) is 1. The molecule has 2 rings (SSSR count). The maximum absolute atomic E-state index is 6.30. The first-order chi connectivity index (χ1) is 10.1. The van der Waals surface area contributed by atoms with Crippen LogP contribution >= 0.6 is 11.6 Å². The summed E-state index contributed by atoms with van der Waals surface area (Å²) < 4.78 is 6.24. The average molecular weight is 311 g/mol. The van der Waals surface area contributed by atoms with Gasteiger partial charge >= 0.3 is 0 Å². The van der Waals surface area contributed by atoms with Gasteiger partial charge in [0.05, 0.1) is 11.6 Å². The second-order valence-electron chi connectivity index (χ2n) is 6.02. The summed E-state index contributed by atoms with van der Waals surface area (Å²) in [5.41, 5.74) is 4.98. The van der Waals surface area contributed by atoms with Gasteiger partial charge in [-0.3, -0.25) is 11.3 Å². The van der Waals surface area contributed by atoms with E-state index in [4.69, 9.17) is 22.2 Å². The Hall–Kier alpha value is -0.610. The van der Waals surface area contributed by atoms with E-state index in [-0.39, 0.29) is 11.6 Å². The molecule has 3 N–H and O–H groups in total. The zero-order chi connectivity index (χ0) is 15.3. The number of rotatable bonds is 5. The molecule has 1 fully saturated rings. The second kappa shape index (κ2) is 7.59. The molecule has 0 radical (unpaired) electrons. The third-order valence-electron chi connectivity index (χ3n) is 4.60. The van der Waals surface area contributed by atoms with Gasteiger partial charge in [-0.05, 0) is 43.9 Å². The molecule has 1 atom stereocenters. The predicted octanol–water partition coefficient (Wildman–Crippen LogP) is 4.28. The van der Waals surface area contributed by atoms with Crippen LogP contribution < -0.4 is 11.3 Å². The summed E-state index contributed by atoms with van der Waals surface area (Å²) in [7, 11) is 0. The normalized spacial score (nSPS) is 20.0. The molecule has 0 heterocycles. The van der Waals surface area contributed by atoms with Crippen LogP contribution in [0.15, 0.2) is 18.2 Å². The van der Waals surface area contributed by atoms with E-state index in [1.807, 2.05) is 13.0 Å². The predicted molar refractivity (Wildman–Crippen MR) is 88.3 cm³/mol. The lowest BCUT2D eigenvalue weighted by atomic mass is 9.82. The van der Waals surface area contributed by atoms with Crippen molar-refractivity contribution in [3.63, 3.8) is 0 Å². The van der Waals surface area contributed by atoms with Gasteiger partial charge in [-0.25, -0.2) is 0 Å². The lowest BCUT2D eigenvalue weighted by Gasteiger charge is -2.40. The molecule has 1 aromatic rings. The third kappa shape index (κ3) is 3.78. The van der Waals surface area contributed by atoms with Crippen LogP contribution in [0.5, 0.6) is 0 Å². The lowest BCUT2D eigenvalue weighted by molar-refractivity contribution is -0.0782. The maximum Gasteiger partial charge on any atom is 0.0889 e. The first-order valence-electron chi connectivity index (χ1n) is 7.99. The van der Waals surface area contributed by atoms with Crippen LogP contribution in [0.2, 0.25) is 5.02 Å². The maximum atomic E-state index is 6.30. The van der Waals surface area contributed by atoms with Crippen LogP contribution in [0.1, 0.15) is 62.6 Å². The zero-order valence-corrected chi connectivity index (χ0v) is 13.9. The van der Waals surface area contributed by atoms with E-state index in [9.17, 15) is 0 Å². The van der Waals surface area contributed by atoms with Gasteiger partial charge in [-0.1, -0.05) is 49.4 Å². The van der Waals surface area contributed by atoms with Crippen LogP contribution in [-0.4, -0.2) is 12.2 Å². The van der Waals surface area contributed by atoms with E-state index in [1.165, 1.54) is 25.7 Å². The number of hydrazine groups is 1. The summed E-state index contributed by atoms with van der Waals surface area (Å²) in [4.78, 5) is 0. The molecule has 0 aliphatic heterocycles. The Kier molecular flexibility index (Phi) is 6.06. The van der Waals surface area contributed by atoms with Gasteiger partial charge in [0.2, 0.25) is 0 Å². The lowest BCUT2D eigenvalue weighted by Crippen LogP contribution is -2.48. The van der Waals surface area contributed by atoms with Crippen molar-refractivity contribution < 1.29 is 4.74 Å². The molecule has 0 bridgehead atoms. The number of benzene rings is 1. The Labute approximate surface area is 133 Å². The average Bonchev–Trinajstić information content (AvgIpc) is 2.70. The molecular weight excluding hydrogens is 284 g/mol. The smallest absolute Gasteiger partial charge is 0.0889 e. The van der Waals surface area contributed by atoms with Gasteiger partial charge in [-0.2, -0.15) is 0 Å². The highest BCUT2D eigenvalue weighted by molar-refractivity contribution is 6.31. The summed E-state index contributed by atoms with van der Waals surface area (Å²) in [5, 5.41) is 0.785. The molecule has 1 aromatic carbocycles. The van der Waals surface area contributed by atoms with Crippen molar-refractivity contribution in [3.05, 3.63) is 34.3 Å². The Morgan fingerprint density at radius 2 is 1.95 bits per heavy atom. The number of aryl methyl sites for hydroxylation is 1. The Morgan fingerprint density at radius 3 is 2.48 bits per heavy atom. The van der Waals surface area contributed by atoms with Crippen molar-refractivity contribution >= 4 is 11.6 Å². The van der Waals surface area contributed by atoms with Crippen LogP contribution in [-0.2, 0) is 4.74 Å². The first-order valence-corrected chi connectivity index (χ1v) is 8.37. The minimum atomic E-state index is -0.224. The molecular formula is C17H27ClN2O. The summed E-state index contributed by atoms with van der Waals surface area (Å²) in [5.74, 6) is 5.92. The highest BCUT2D eigenvalue weighted by atomic mass is 35.5. The highest BCUT2D eigenvalue weighted by Crippen LogP contribution is 2.41. The Morgan fingerprint density at radius 1 is 1.29 bits per heavy atom. The molecule has 1 unspecified atom stereocenters. The van der Waals surface area contributed by atoms with Gasteiger partial charge in [0.15, 0.2) is 0 Å². The Balaban J connectivity index is 2.36. The van der Waals surface area contributed by atoms with E-state index in [0.717, 1.165) is 29.0 Å². The topological polar surface area (TPSA) is 47.3 Å². The molecule has 0 spiro atoms. The van der Waals surface area contributed by atoms with Gasteiger partial charge in [0.25, 0.3) is 0 Å². The summed E-state index contributed by atoms with van der Waals surface area (Å²) in [6.07, 6.45) is 7.03. The zero-order valence-electron chi connectivity index (χ0n) is 13.1. The summed E-state index contributed by atoms with van der Waals surface area (Å²) >= 11 is 6.30. The quantitative estimate of drug-likeness (QED) is 0.485. The van der Waals surface area contributed by atoms with Crippen molar-refractivity contribution in [3.8, 4) is 0 Å². The van der Waals surface area contributed by atoms with Crippen molar-refractivity contribution in [1.82, 2.24) is 5.43 Å². The monoisotopic (exact) mass is 310 g/mol. The van der Waals surface area contributed by atoms with Crippen LogP contribution in [0.25, 0.3) is 0 Å². The van der Waals surface area contributed by atoms with Crippen molar-refractivity contribution in [2.24, 2.45) is 5.84 Å². The Bertz CT molecular complexity index is 456. The molecule has 3 nitrogen and oxygen atoms in total. The number of hydrogen-bond donors (Lipinski definition) is 2. The number of hydrogen-bond acceptors (Lipinski definition) is 3. The van der Waals surface area contributed by atoms with Crippen LogP contribution in [0, 0.1) is 6.92 Å². The number of nitrogens with two attached hydrogens (primary N) is 1. The van der Waals surface area contributed by atoms with E-state index in [2.05, 4.69) is 24.5 Å². The van der Waals surface area contributed by atoms with Crippen molar-refractivity contribution in [2.75, 3.05) is 6.61 Å². The summed E-state index contributed by atoms with van der Waals surface area (Å²) in [6, 6.07) is 6.16. The third-order valence-corrected chi connectivity index (χ3v) is 5.01. The fourth-order valence-corrected chi connectivity index (χ4v) is 3.66. The molecule has 0 aromatic heterocycles. The van der Waals surface area contributed by atoms with Crippen molar-refractivity contribution in [2.45, 2.75) is 64.0 Å². The fourth-order valence-electron chi connectivity index (χ4n) is 3.47. The van der Waals surface area contributed by atoms with Gasteiger partial charge in [-0.15, -0.1) is 0 Å². The highest BCUT2D eigenvalue weighted by Gasteiger charge is 2.40. The molecule has 0 amide bonds. The molecule has 118 valence electrons. The second-order valence-corrected chi connectivity index (χ2v) is 6.43. The minimum Gasteiger partial charge on any atom is -0.373 e. The SMILES string of the molecule is CCOC1(C(NN)c2ccc(C)c(Cl)c2)CCCCCC1.